The van der Waals surface area contributed by atoms with E-state index in [-0.39, 0.29) is 17.9 Å². The van der Waals surface area contributed by atoms with Crippen LogP contribution < -0.4 is 5.32 Å². The first-order valence-corrected chi connectivity index (χ1v) is 13.9. The van der Waals surface area contributed by atoms with Crippen LogP contribution in [0.4, 0.5) is 0 Å². The van der Waals surface area contributed by atoms with E-state index < -0.39 is 6.04 Å². The summed E-state index contributed by atoms with van der Waals surface area (Å²) in [5.74, 6) is -0.0464. The van der Waals surface area contributed by atoms with Gasteiger partial charge in [0.25, 0.3) is 0 Å². The molecule has 3 aromatic carbocycles. The van der Waals surface area contributed by atoms with E-state index >= 15 is 0 Å². The Kier molecular flexibility index (Phi) is 8.54. The highest BCUT2D eigenvalue weighted by atomic mass is 16.2. The van der Waals surface area contributed by atoms with Crippen molar-refractivity contribution in [1.29, 1.82) is 0 Å². The van der Waals surface area contributed by atoms with Crippen molar-refractivity contribution in [2.75, 3.05) is 13.1 Å². The number of carbonyl (C=O) groups is 2. The molecule has 1 aliphatic heterocycles. The minimum absolute atomic E-state index is 0.0708. The van der Waals surface area contributed by atoms with Crippen LogP contribution in [0.2, 0.25) is 0 Å². The molecule has 0 aromatic heterocycles. The zero-order valence-electron chi connectivity index (χ0n) is 22.0. The second-order valence-electron chi connectivity index (χ2n) is 10.3. The van der Waals surface area contributed by atoms with Crippen molar-refractivity contribution in [1.82, 2.24) is 15.1 Å². The van der Waals surface area contributed by atoms with Crippen molar-refractivity contribution in [3.8, 4) is 0 Å². The molecular weight excluding hydrogens is 470 g/mol. The van der Waals surface area contributed by atoms with E-state index in [9.17, 15) is 9.59 Å². The zero-order chi connectivity index (χ0) is 26.2. The van der Waals surface area contributed by atoms with Gasteiger partial charge in [-0.1, -0.05) is 91.7 Å². The van der Waals surface area contributed by atoms with Crippen molar-refractivity contribution >= 4 is 22.6 Å². The third-order valence-corrected chi connectivity index (χ3v) is 7.65. The number of rotatable bonds is 10. The lowest BCUT2D eigenvalue weighted by atomic mass is 9.97. The maximum absolute atomic E-state index is 13.9. The third-order valence-electron chi connectivity index (χ3n) is 7.65. The summed E-state index contributed by atoms with van der Waals surface area (Å²) in [6.07, 6.45) is 13.5. The summed E-state index contributed by atoms with van der Waals surface area (Å²) in [7, 11) is 0. The summed E-state index contributed by atoms with van der Waals surface area (Å²) in [4.78, 5) is 32.0. The van der Waals surface area contributed by atoms with Gasteiger partial charge in [0.2, 0.25) is 11.8 Å². The van der Waals surface area contributed by atoms with Gasteiger partial charge in [-0.25, -0.2) is 0 Å². The van der Waals surface area contributed by atoms with Crippen LogP contribution in [0.1, 0.15) is 55.7 Å². The van der Waals surface area contributed by atoms with Crippen LogP contribution in [0.5, 0.6) is 0 Å². The molecule has 0 radical (unpaired) electrons. The number of fused-ring (bicyclic) bond motifs is 1. The lowest BCUT2D eigenvalue weighted by Gasteiger charge is -2.36. The predicted octanol–water partition coefficient (Wildman–Crippen LogP) is 6.13. The van der Waals surface area contributed by atoms with Gasteiger partial charge in [-0.2, -0.15) is 0 Å². The number of hydrogen-bond acceptors (Lipinski definition) is 3. The Morgan fingerprint density at radius 1 is 0.921 bits per heavy atom. The number of nitrogens with one attached hydrogen (secondary N) is 1. The molecule has 5 rings (SSSR count). The minimum Gasteiger partial charge on any atom is -0.374 e. The number of hydrogen-bond donors (Lipinski definition) is 1. The summed E-state index contributed by atoms with van der Waals surface area (Å²) in [6, 6.07) is 23.7. The summed E-state index contributed by atoms with van der Waals surface area (Å²) in [6.45, 7) is 2.13. The highest BCUT2D eigenvalue weighted by molar-refractivity contribution is 5.91. The number of carbonyl (C=O) groups excluding carboxylic acids is 2. The van der Waals surface area contributed by atoms with Gasteiger partial charge >= 0.3 is 0 Å². The van der Waals surface area contributed by atoms with Crippen molar-refractivity contribution < 1.29 is 9.59 Å². The van der Waals surface area contributed by atoms with E-state index in [1.165, 1.54) is 0 Å². The summed E-state index contributed by atoms with van der Waals surface area (Å²) < 4.78 is 0. The van der Waals surface area contributed by atoms with Gasteiger partial charge in [-0.3, -0.25) is 9.59 Å². The lowest BCUT2D eigenvalue weighted by Crippen LogP contribution is -2.48. The monoisotopic (exact) mass is 507 g/mol. The molecule has 1 unspecified atom stereocenters. The Balaban J connectivity index is 1.42. The quantitative estimate of drug-likeness (QED) is 0.359. The minimum atomic E-state index is -0.656. The molecule has 38 heavy (non-hydrogen) atoms. The molecule has 1 fully saturated rings. The summed E-state index contributed by atoms with van der Waals surface area (Å²) in [5, 5.41) is 5.36. The van der Waals surface area contributed by atoms with E-state index in [1.54, 1.807) is 0 Å². The maximum Gasteiger partial charge on any atom is 0.247 e. The van der Waals surface area contributed by atoms with Crippen LogP contribution in [0.15, 0.2) is 97.2 Å². The Morgan fingerprint density at radius 2 is 1.68 bits per heavy atom. The topological polar surface area (TPSA) is 52.7 Å². The van der Waals surface area contributed by atoms with Crippen LogP contribution >= 0.6 is 0 Å². The number of allylic oxidation sites excluding steroid dienone is 2. The SMILES string of the molecule is O=C(NCc1ccccc1)C(c1ccc2ccccc2c1)N(C(=O)CCCN1C=CC=CC1)C1CCCC1. The highest BCUT2D eigenvalue weighted by Gasteiger charge is 2.37. The van der Waals surface area contributed by atoms with Gasteiger partial charge in [0.1, 0.15) is 6.04 Å². The molecular formula is C33H37N3O2. The first-order valence-electron chi connectivity index (χ1n) is 13.9. The molecule has 3 aromatic rings. The first-order chi connectivity index (χ1) is 18.7. The standard InChI is InChI=1S/C33H37N3O2/c37-31(18-11-23-35-21-9-2-10-22-35)36(30-16-7-8-17-30)32(33(38)34-25-26-12-3-1-4-13-26)29-20-19-27-14-5-6-15-28(27)24-29/h1-6,9-10,12-15,19-21,24,30,32H,7-8,11,16-18,22-23,25H2,(H,34,38). The molecule has 2 amide bonds. The Hall–Kier alpha value is -3.86. The molecule has 0 bridgehead atoms. The molecule has 1 atom stereocenters. The summed E-state index contributed by atoms with van der Waals surface area (Å²) in [5.41, 5.74) is 1.92. The number of benzene rings is 3. The van der Waals surface area contributed by atoms with Crippen molar-refractivity contribution in [3.05, 3.63) is 108 Å². The smallest absolute Gasteiger partial charge is 0.247 e. The second kappa shape index (κ2) is 12.6. The van der Waals surface area contributed by atoms with Crippen LogP contribution in [-0.4, -0.2) is 40.7 Å². The Labute approximate surface area is 225 Å². The Morgan fingerprint density at radius 3 is 2.45 bits per heavy atom. The fraction of sp³-hybridized carbons (Fsp3) is 0.333. The summed E-state index contributed by atoms with van der Waals surface area (Å²) >= 11 is 0. The van der Waals surface area contributed by atoms with Gasteiger partial charge in [0.15, 0.2) is 0 Å². The van der Waals surface area contributed by atoms with Crippen LogP contribution in [0.3, 0.4) is 0 Å². The van der Waals surface area contributed by atoms with E-state index in [1.807, 2.05) is 65.6 Å². The Bertz CT molecular complexity index is 1290. The maximum atomic E-state index is 13.9. The zero-order valence-corrected chi connectivity index (χ0v) is 22.0. The number of amides is 2. The first kappa shape index (κ1) is 25.8. The van der Waals surface area contributed by atoms with Gasteiger partial charge in [-0.05, 0) is 59.5 Å². The molecule has 2 aliphatic rings. The fourth-order valence-corrected chi connectivity index (χ4v) is 5.67. The molecule has 0 spiro atoms. The molecule has 1 saturated carbocycles. The molecule has 196 valence electrons. The molecule has 1 N–H and O–H groups in total. The largest absolute Gasteiger partial charge is 0.374 e. The van der Waals surface area contributed by atoms with E-state index in [0.29, 0.717) is 13.0 Å². The van der Waals surface area contributed by atoms with E-state index in [2.05, 4.69) is 46.8 Å². The van der Waals surface area contributed by atoms with Crippen LogP contribution in [0, 0.1) is 0 Å². The fourth-order valence-electron chi connectivity index (χ4n) is 5.67. The highest BCUT2D eigenvalue weighted by Crippen LogP contribution is 2.34. The average molecular weight is 508 g/mol. The van der Waals surface area contributed by atoms with Crippen molar-refractivity contribution in [2.45, 2.75) is 57.2 Å². The molecule has 1 heterocycles. The van der Waals surface area contributed by atoms with Gasteiger partial charge in [-0.15, -0.1) is 0 Å². The van der Waals surface area contributed by atoms with Gasteiger partial charge in [0.05, 0.1) is 0 Å². The van der Waals surface area contributed by atoms with E-state index in [0.717, 1.165) is 67.1 Å². The molecule has 1 aliphatic carbocycles. The lowest BCUT2D eigenvalue weighted by molar-refractivity contribution is -0.143. The number of nitrogens with zero attached hydrogens (tertiary/aromatic N) is 2. The predicted molar refractivity (Wildman–Crippen MR) is 153 cm³/mol. The van der Waals surface area contributed by atoms with Crippen molar-refractivity contribution in [3.63, 3.8) is 0 Å². The van der Waals surface area contributed by atoms with Gasteiger partial charge < -0.3 is 15.1 Å². The molecule has 5 heteroatoms. The normalized spacial score (nSPS) is 16.1. The van der Waals surface area contributed by atoms with Crippen LogP contribution in [-0.2, 0) is 16.1 Å². The van der Waals surface area contributed by atoms with Gasteiger partial charge in [0, 0.05) is 32.1 Å². The van der Waals surface area contributed by atoms with Crippen molar-refractivity contribution in [2.24, 2.45) is 0 Å². The third kappa shape index (κ3) is 6.34. The molecule has 5 nitrogen and oxygen atoms in total. The molecule has 0 saturated heterocycles. The van der Waals surface area contributed by atoms with E-state index in [4.69, 9.17) is 0 Å². The van der Waals surface area contributed by atoms with Crippen LogP contribution in [0.25, 0.3) is 10.8 Å². The average Bonchev–Trinajstić information content (AvgIpc) is 3.50. The second-order valence-corrected chi connectivity index (χ2v) is 10.3.